The van der Waals surface area contributed by atoms with E-state index >= 15 is 0 Å². The highest BCUT2D eigenvalue weighted by Gasteiger charge is 2.39. The van der Waals surface area contributed by atoms with Gasteiger partial charge in [0.2, 0.25) is 0 Å². The number of nitrogens with one attached hydrogen (secondary N) is 1. The minimum atomic E-state index is -1.85. The number of benzene rings is 2. The van der Waals surface area contributed by atoms with E-state index in [1.165, 1.54) is 6.21 Å². The van der Waals surface area contributed by atoms with Crippen LogP contribution in [0, 0.1) is 0 Å². The van der Waals surface area contributed by atoms with Gasteiger partial charge >= 0.3 is 0 Å². The maximum atomic E-state index is 12.9. The molecule has 1 heterocycles. The molecule has 0 aliphatic heterocycles. The van der Waals surface area contributed by atoms with E-state index in [1.807, 2.05) is 25.1 Å². The molecule has 0 bridgehead atoms. The van der Waals surface area contributed by atoms with E-state index in [0.717, 1.165) is 5.57 Å². The van der Waals surface area contributed by atoms with Crippen LogP contribution >= 0.6 is 0 Å². The van der Waals surface area contributed by atoms with Crippen LogP contribution in [-0.4, -0.2) is 17.2 Å². The fraction of sp³-hybridized carbons (Fsp3) is 0.0909. The SMILES string of the molecule is CC(C=NNC(=O)C(O)(c1ccccc1)c1ccccc1)=Cc1ccco1. The second-order valence-electron chi connectivity index (χ2n) is 6.05. The van der Waals surface area contributed by atoms with Gasteiger partial charge in [0.25, 0.3) is 5.91 Å². The summed E-state index contributed by atoms with van der Waals surface area (Å²) in [7, 11) is 0. The van der Waals surface area contributed by atoms with Gasteiger partial charge in [-0.15, -0.1) is 0 Å². The molecular formula is C22H20N2O3. The van der Waals surface area contributed by atoms with E-state index in [1.54, 1.807) is 66.9 Å². The number of amides is 1. The van der Waals surface area contributed by atoms with Crippen LogP contribution in [0.25, 0.3) is 6.08 Å². The predicted octanol–water partition coefficient (Wildman–Crippen LogP) is 3.72. The highest BCUT2D eigenvalue weighted by Crippen LogP contribution is 2.29. The van der Waals surface area contributed by atoms with Gasteiger partial charge in [-0.3, -0.25) is 4.79 Å². The molecule has 0 fully saturated rings. The Bertz CT molecular complexity index is 891. The average Bonchev–Trinajstić information content (AvgIpc) is 3.21. The third-order valence-electron chi connectivity index (χ3n) is 4.06. The lowest BCUT2D eigenvalue weighted by atomic mass is 9.85. The molecule has 3 aromatic rings. The molecule has 3 rings (SSSR count). The van der Waals surface area contributed by atoms with Crippen LogP contribution in [0.3, 0.4) is 0 Å². The molecule has 0 saturated heterocycles. The lowest BCUT2D eigenvalue weighted by Gasteiger charge is -2.27. The lowest BCUT2D eigenvalue weighted by molar-refractivity contribution is -0.136. The minimum Gasteiger partial charge on any atom is -0.465 e. The monoisotopic (exact) mass is 360 g/mol. The zero-order valence-corrected chi connectivity index (χ0v) is 14.9. The standard InChI is InChI=1S/C22H20N2O3/c1-17(15-20-13-8-14-27-20)16-23-24-21(25)22(26,18-9-4-2-5-10-18)19-11-6-3-7-12-19/h2-16,26H,1H3,(H,24,25). The van der Waals surface area contributed by atoms with Gasteiger partial charge in [0.15, 0.2) is 5.60 Å². The van der Waals surface area contributed by atoms with E-state index < -0.39 is 11.5 Å². The molecule has 0 spiro atoms. The topological polar surface area (TPSA) is 74.8 Å². The summed E-state index contributed by atoms with van der Waals surface area (Å²) in [6.45, 7) is 1.83. The number of rotatable bonds is 6. The zero-order chi connectivity index (χ0) is 19.1. The van der Waals surface area contributed by atoms with Crippen LogP contribution in [0.5, 0.6) is 0 Å². The summed E-state index contributed by atoms with van der Waals surface area (Å²) in [4.78, 5) is 12.9. The van der Waals surface area contributed by atoms with Gasteiger partial charge in [-0.05, 0) is 41.8 Å². The summed E-state index contributed by atoms with van der Waals surface area (Å²) in [6.07, 6.45) is 4.87. The van der Waals surface area contributed by atoms with Gasteiger partial charge in [0, 0.05) is 0 Å². The van der Waals surface area contributed by atoms with Crippen LogP contribution in [0.15, 0.2) is 94.2 Å². The molecule has 2 aromatic carbocycles. The van der Waals surface area contributed by atoms with Crippen molar-refractivity contribution in [2.45, 2.75) is 12.5 Å². The summed E-state index contributed by atoms with van der Waals surface area (Å²) in [5.74, 6) is 0.0531. The molecule has 0 radical (unpaired) electrons. The quantitative estimate of drug-likeness (QED) is 0.520. The summed E-state index contributed by atoms with van der Waals surface area (Å²) in [6, 6.07) is 21.2. The number of allylic oxidation sites excluding steroid dienone is 1. The van der Waals surface area contributed by atoms with Crippen molar-refractivity contribution in [2.24, 2.45) is 5.10 Å². The van der Waals surface area contributed by atoms with Gasteiger partial charge in [-0.1, -0.05) is 60.7 Å². The molecular weight excluding hydrogens is 340 g/mol. The molecule has 1 aromatic heterocycles. The summed E-state index contributed by atoms with van der Waals surface area (Å²) >= 11 is 0. The van der Waals surface area contributed by atoms with Crippen LogP contribution < -0.4 is 5.43 Å². The Balaban J connectivity index is 1.83. The van der Waals surface area contributed by atoms with E-state index in [2.05, 4.69) is 10.5 Å². The average molecular weight is 360 g/mol. The maximum Gasteiger partial charge on any atom is 0.281 e. The van der Waals surface area contributed by atoms with Crippen molar-refractivity contribution in [3.63, 3.8) is 0 Å². The molecule has 0 atom stereocenters. The number of furan rings is 1. The number of nitrogens with zero attached hydrogens (tertiary/aromatic N) is 1. The highest BCUT2D eigenvalue weighted by atomic mass is 16.3. The molecule has 1 amide bonds. The fourth-order valence-electron chi connectivity index (χ4n) is 2.70. The van der Waals surface area contributed by atoms with Crippen molar-refractivity contribution in [1.82, 2.24) is 5.43 Å². The third kappa shape index (κ3) is 4.22. The Morgan fingerprint density at radius 3 is 2.11 bits per heavy atom. The number of carbonyl (C=O) groups is 1. The Hall–Kier alpha value is -3.44. The number of aliphatic hydroxyl groups is 1. The smallest absolute Gasteiger partial charge is 0.281 e. The Morgan fingerprint density at radius 1 is 1.00 bits per heavy atom. The van der Waals surface area contributed by atoms with E-state index in [4.69, 9.17) is 4.42 Å². The van der Waals surface area contributed by atoms with Gasteiger partial charge < -0.3 is 9.52 Å². The molecule has 5 heteroatoms. The highest BCUT2D eigenvalue weighted by molar-refractivity contribution is 5.91. The summed E-state index contributed by atoms with van der Waals surface area (Å²) in [5.41, 5.74) is 2.31. The van der Waals surface area contributed by atoms with Crippen LogP contribution in [-0.2, 0) is 10.4 Å². The third-order valence-corrected chi connectivity index (χ3v) is 4.06. The van der Waals surface area contributed by atoms with E-state index in [-0.39, 0.29) is 0 Å². The molecule has 2 N–H and O–H groups in total. The van der Waals surface area contributed by atoms with Gasteiger partial charge in [0.05, 0.1) is 12.5 Å². The molecule has 27 heavy (non-hydrogen) atoms. The first kappa shape index (κ1) is 18.4. The molecule has 0 aliphatic carbocycles. The van der Waals surface area contributed by atoms with E-state index in [9.17, 15) is 9.90 Å². The van der Waals surface area contributed by atoms with Crippen LogP contribution in [0.4, 0.5) is 0 Å². The number of hydrazone groups is 1. The zero-order valence-electron chi connectivity index (χ0n) is 14.9. The summed E-state index contributed by atoms with van der Waals surface area (Å²) < 4.78 is 5.24. The molecule has 5 nitrogen and oxygen atoms in total. The van der Waals surface area contributed by atoms with Crippen molar-refractivity contribution in [2.75, 3.05) is 0 Å². The fourth-order valence-corrected chi connectivity index (χ4v) is 2.70. The Labute approximate surface area is 157 Å². The molecule has 0 saturated carbocycles. The van der Waals surface area contributed by atoms with Crippen LogP contribution in [0.1, 0.15) is 23.8 Å². The van der Waals surface area contributed by atoms with Gasteiger partial charge in [0.1, 0.15) is 5.76 Å². The number of hydrogen-bond acceptors (Lipinski definition) is 4. The largest absolute Gasteiger partial charge is 0.465 e. The van der Waals surface area contributed by atoms with Crippen molar-refractivity contribution in [3.05, 3.63) is 102 Å². The summed E-state index contributed by atoms with van der Waals surface area (Å²) in [5, 5.41) is 15.3. The van der Waals surface area contributed by atoms with Gasteiger partial charge in [-0.25, -0.2) is 5.43 Å². The Kier molecular flexibility index (Phi) is 5.64. The van der Waals surface area contributed by atoms with E-state index in [0.29, 0.717) is 16.9 Å². The first-order valence-electron chi connectivity index (χ1n) is 8.49. The van der Waals surface area contributed by atoms with Crippen molar-refractivity contribution < 1.29 is 14.3 Å². The van der Waals surface area contributed by atoms with Gasteiger partial charge in [-0.2, -0.15) is 5.10 Å². The van der Waals surface area contributed by atoms with Crippen molar-refractivity contribution in [3.8, 4) is 0 Å². The lowest BCUT2D eigenvalue weighted by Crippen LogP contribution is -2.43. The number of carbonyl (C=O) groups excluding carboxylic acids is 1. The molecule has 0 aliphatic rings. The van der Waals surface area contributed by atoms with Crippen LogP contribution in [0.2, 0.25) is 0 Å². The Morgan fingerprint density at radius 2 is 1.59 bits per heavy atom. The first-order valence-corrected chi connectivity index (χ1v) is 8.49. The number of hydrogen-bond donors (Lipinski definition) is 2. The second kappa shape index (κ2) is 8.29. The maximum absolute atomic E-state index is 12.9. The molecule has 0 unspecified atom stereocenters. The minimum absolute atomic E-state index is 0.465. The van der Waals surface area contributed by atoms with Crippen molar-refractivity contribution >= 4 is 18.2 Å². The van der Waals surface area contributed by atoms with Crippen molar-refractivity contribution in [1.29, 1.82) is 0 Å². The predicted molar refractivity (Wildman–Crippen MR) is 105 cm³/mol. The second-order valence-corrected chi connectivity index (χ2v) is 6.05. The normalized spacial score (nSPS) is 12.3. The molecule has 136 valence electrons. The first-order chi connectivity index (χ1) is 13.1.